The van der Waals surface area contributed by atoms with E-state index in [9.17, 15) is 14.9 Å². The van der Waals surface area contributed by atoms with Gasteiger partial charge in [0.25, 0.3) is 0 Å². The first-order valence-electron chi connectivity index (χ1n) is 10.0. The van der Waals surface area contributed by atoms with Crippen LogP contribution in [-0.4, -0.2) is 33.6 Å². The summed E-state index contributed by atoms with van der Waals surface area (Å²) in [6, 6.07) is 18.7. The van der Waals surface area contributed by atoms with Gasteiger partial charge in [0.2, 0.25) is 0 Å². The van der Waals surface area contributed by atoms with Crippen molar-refractivity contribution >= 4 is 50.7 Å². The number of benzene rings is 2. The molecule has 2 N–H and O–H groups in total. The number of nitrogens with zero attached hydrogens (tertiary/aromatic N) is 2. The number of carbonyl (C=O) groups is 1. The molecular formula is C23H22N4O3S2. The molecule has 2 heterocycles. The zero-order valence-corrected chi connectivity index (χ0v) is 19.0. The van der Waals surface area contributed by atoms with Crippen LogP contribution in [0.5, 0.6) is 0 Å². The zero-order valence-electron chi connectivity index (χ0n) is 17.4. The molecule has 32 heavy (non-hydrogen) atoms. The average molecular weight is 467 g/mol. The number of nitrogens with one attached hydrogen (secondary N) is 2. The van der Waals surface area contributed by atoms with Crippen LogP contribution < -0.4 is 5.32 Å². The lowest BCUT2D eigenvalue weighted by molar-refractivity contribution is -0.380. The lowest BCUT2D eigenvalue weighted by Gasteiger charge is -2.22. The predicted molar refractivity (Wildman–Crippen MR) is 131 cm³/mol. The number of para-hydroxylation sites is 1. The monoisotopic (exact) mass is 466 g/mol. The van der Waals surface area contributed by atoms with Gasteiger partial charge in [-0.1, -0.05) is 29.5 Å². The first-order valence-corrected chi connectivity index (χ1v) is 12.1. The first kappa shape index (κ1) is 21.9. The molecule has 0 aliphatic heterocycles. The quantitative estimate of drug-likeness (QED) is 0.185. The van der Waals surface area contributed by atoms with Crippen LogP contribution in [0.3, 0.4) is 0 Å². The van der Waals surface area contributed by atoms with Gasteiger partial charge in [0, 0.05) is 45.2 Å². The van der Waals surface area contributed by atoms with Crippen molar-refractivity contribution in [3.05, 3.63) is 87.4 Å². The van der Waals surface area contributed by atoms with E-state index in [1.54, 1.807) is 22.7 Å². The number of carbonyl (C=O) groups excluding carboxylic acids is 1. The number of hydrogen-bond donors (Lipinski definition) is 2. The highest BCUT2D eigenvalue weighted by Crippen LogP contribution is 2.26. The van der Waals surface area contributed by atoms with Gasteiger partial charge in [-0.3, -0.25) is 10.1 Å². The van der Waals surface area contributed by atoms with Crippen molar-refractivity contribution in [2.75, 3.05) is 18.1 Å². The Balaban J connectivity index is 1.51. The summed E-state index contributed by atoms with van der Waals surface area (Å²) in [5, 5.41) is 15.2. The Kier molecular flexibility index (Phi) is 6.77. The van der Waals surface area contributed by atoms with E-state index in [1.807, 2.05) is 54.9 Å². The number of hydrogen-bond acceptors (Lipinski definition) is 5. The van der Waals surface area contributed by atoms with Gasteiger partial charge in [-0.25, -0.2) is 4.79 Å². The minimum absolute atomic E-state index is 0.0737. The smallest absolute Gasteiger partial charge is 0.324 e. The van der Waals surface area contributed by atoms with Crippen molar-refractivity contribution in [2.24, 2.45) is 0 Å². The van der Waals surface area contributed by atoms with E-state index in [0.717, 1.165) is 37.6 Å². The Morgan fingerprint density at radius 3 is 2.66 bits per heavy atom. The molecule has 0 atom stereocenters. The number of H-pyrrole nitrogens is 1. The summed E-state index contributed by atoms with van der Waals surface area (Å²) in [4.78, 5) is 30.6. The van der Waals surface area contributed by atoms with Crippen molar-refractivity contribution in [1.82, 2.24) is 9.88 Å². The van der Waals surface area contributed by atoms with E-state index in [1.165, 1.54) is 6.07 Å². The molecule has 164 valence electrons. The summed E-state index contributed by atoms with van der Waals surface area (Å²) in [7, 11) is 0. The molecular weight excluding hydrogens is 444 g/mol. The molecule has 0 bridgehead atoms. The standard InChI is InChI=1S/C23H22N4O3S2/c1-31-18-8-6-17(7-9-18)25-23(28)26(15-19-10-11-22(32-19)27(29)30)13-12-16-14-24-21-5-3-2-4-20(16)21/h2-11,14,24H,12-13,15H2,1H3,(H,25,28). The van der Waals surface area contributed by atoms with Crippen LogP contribution in [0.1, 0.15) is 10.4 Å². The van der Waals surface area contributed by atoms with E-state index in [4.69, 9.17) is 0 Å². The van der Waals surface area contributed by atoms with E-state index >= 15 is 0 Å². The molecule has 7 nitrogen and oxygen atoms in total. The number of thiophene rings is 1. The normalized spacial score (nSPS) is 10.9. The maximum atomic E-state index is 13.1. The molecule has 0 radical (unpaired) electrons. The van der Waals surface area contributed by atoms with Gasteiger partial charge in [-0.05, 0) is 54.6 Å². The second-order valence-corrected chi connectivity index (χ2v) is 9.21. The molecule has 2 aromatic carbocycles. The highest BCUT2D eigenvalue weighted by molar-refractivity contribution is 7.98. The van der Waals surface area contributed by atoms with E-state index in [2.05, 4.69) is 16.4 Å². The van der Waals surface area contributed by atoms with Crippen LogP contribution >= 0.6 is 23.1 Å². The van der Waals surface area contributed by atoms with E-state index in [0.29, 0.717) is 25.2 Å². The molecule has 0 spiro atoms. The lowest BCUT2D eigenvalue weighted by Crippen LogP contribution is -2.35. The summed E-state index contributed by atoms with van der Waals surface area (Å²) in [5.41, 5.74) is 2.89. The van der Waals surface area contributed by atoms with Crippen LogP contribution in [0, 0.1) is 10.1 Å². The third kappa shape index (κ3) is 5.12. The van der Waals surface area contributed by atoms with Crippen LogP contribution in [-0.2, 0) is 13.0 Å². The van der Waals surface area contributed by atoms with Gasteiger partial charge in [-0.15, -0.1) is 11.8 Å². The highest BCUT2D eigenvalue weighted by atomic mass is 32.2. The summed E-state index contributed by atoms with van der Waals surface area (Å²) in [6.45, 7) is 0.776. The predicted octanol–water partition coefficient (Wildman–Crippen LogP) is 6.14. The molecule has 4 rings (SSSR count). The fraction of sp³-hybridized carbons (Fsp3) is 0.174. The maximum absolute atomic E-state index is 13.1. The first-order chi connectivity index (χ1) is 15.5. The van der Waals surface area contributed by atoms with Crippen LogP contribution in [0.15, 0.2) is 71.8 Å². The second-order valence-electron chi connectivity index (χ2n) is 7.19. The minimum atomic E-state index is -0.405. The van der Waals surface area contributed by atoms with Crippen molar-refractivity contribution in [1.29, 1.82) is 0 Å². The molecule has 9 heteroatoms. The number of thioether (sulfide) groups is 1. The molecule has 0 aliphatic rings. The molecule has 0 aliphatic carbocycles. The molecule has 4 aromatic rings. The highest BCUT2D eigenvalue weighted by Gasteiger charge is 2.18. The Hall–Kier alpha value is -3.30. The third-order valence-corrected chi connectivity index (χ3v) is 6.89. The fourth-order valence-corrected chi connectivity index (χ4v) is 4.70. The Morgan fingerprint density at radius 1 is 1.16 bits per heavy atom. The number of anilines is 1. The molecule has 2 amide bonds. The topological polar surface area (TPSA) is 91.3 Å². The van der Waals surface area contributed by atoms with Gasteiger partial charge < -0.3 is 15.2 Å². The molecule has 0 unspecified atom stereocenters. The largest absolute Gasteiger partial charge is 0.361 e. The van der Waals surface area contributed by atoms with Gasteiger partial charge in [0.15, 0.2) is 0 Å². The summed E-state index contributed by atoms with van der Waals surface area (Å²) in [5.74, 6) is 0. The second kappa shape index (κ2) is 9.88. The minimum Gasteiger partial charge on any atom is -0.361 e. The van der Waals surface area contributed by atoms with Gasteiger partial charge >= 0.3 is 11.0 Å². The number of nitro groups is 1. The molecule has 2 aromatic heterocycles. The van der Waals surface area contributed by atoms with Crippen LogP contribution in [0.2, 0.25) is 0 Å². The summed E-state index contributed by atoms with van der Waals surface area (Å²) in [6.07, 6.45) is 4.63. The van der Waals surface area contributed by atoms with Gasteiger partial charge in [0.1, 0.15) is 0 Å². The fourth-order valence-electron chi connectivity index (χ4n) is 3.46. The number of urea groups is 1. The van der Waals surface area contributed by atoms with Crippen molar-refractivity contribution < 1.29 is 9.72 Å². The zero-order chi connectivity index (χ0) is 22.5. The molecule has 0 fully saturated rings. The Morgan fingerprint density at radius 2 is 1.94 bits per heavy atom. The van der Waals surface area contributed by atoms with Crippen molar-refractivity contribution in [3.63, 3.8) is 0 Å². The molecule has 0 saturated heterocycles. The lowest BCUT2D eigenvalue weighted by atomic mass is 10.1. The number of amides is 2. The Labute approximate surface area is 193 Å². The average Bonchev–Trinajstić information content (AvgIpc) is 3.44. The number of aromatic nitrogens is 1. The summed E-state index contributed by atoms with van der Waals surface area (Å²) >= 11 is 2.73. The SMILES string of the molecule is CSc1ccc(NC(=O)N(CCc2c[nH]c3ccccc23)Cc2ccc([N+](=O)[O-])s2)cc1. The number of aromatic amines is 1. The van der Waals surface area contributed by atoms with E-state index in [-0.39, 0.29) is 11.0 Å². The van der Waals surface area contributed by atoms with Crippen LogP contribution in [0.25, 0.3) is 10.9 Å². The number of rotatable bonds is 8. The van der Waals surface area contributed by atoms with Crippen molar-refractivity contribution in [2.45, 2.75) is 17.9 Å². The van der Waals surface area contributed by atoms with Gasteiger partial charge in [0.05, 0.1) is 11.5 Å². The third-order valence-electron chi connectivity index (χ3n) is 5.13. The number of fused-ring (bicyclic) bond motifs is 1. The van der Waals surface area contributed by atoms with Crippen molar-refractivity contribution in [3.8, 4) is 0 Å². The maximum Gasteiger partial charge on any atom is 0.324 e. The Bertz CT molecular complexity index is 1230. The van der Waals surface area contributed by atoms with Gasteiger partial charge in [-0.2, -0.15) is 0 Å². The molecule has 0 saturated carbocycles. The summed E-state index contributed by atoms with van der Waals surface area (Å²) < 4.78 is 0. The van der Waals surface area contributed by atoms with E-state index < -0.39 is 4.92 Å². The van der Waals surface area contributed by atoms with Crippen LogP contribution in [0.4, 0.5) is 15.5 Å².